The molecular formula is C21H22N4O2. The van der Waals surface area contributed by atoms with E-state index in [-0.39, 0.29) is 12.5 Å². The summed E-state index contributed by atoms with van der Waals surface area (Å²) >= 11 is 0. The first-order chi connectivity index (χ1) is 13.1. The van der Waals surface area contributed by atoms with E-state index in [4.69, 9.17) is 9.72 Å². The number of amides is 1. The van der Waals surface area contributed by atoms with Gasteiger partial charge in [0.25, 0.3) is 5.91 Å². The number of nitrogens with one attached hydrogen (secondary N) is 1. The van der Waals surface area contributed by atoms with Gasteiger partial charge in [-0.15, -0.1) is 0 Å². The molecule has 2 aliphatic rings. The predicted molar refractivity (Wildman–Crippen MR) is 106 cm³/mol. The van der Waals surface area contributed by atoms with Gasteiger partial charge in [0.15, 0.2) is 6.61 Å². The molecule has 0 spiro atoms. The molecule has 1 aliphatic carbocycles. The summed E-state index contributed by atoms with van der Waals surface area (Å²) in [5.74, 6) is 1.46. The lowest BCUT2D eigenvalue weighted by molar-refractivity contribution is -0.118. The Morgan fingerprint density at radius 2 is 2.04 bits per heavy atom. The van der Waals surface area contributed by atoms with Crippen molar-refractivity contribution in [1.82, 2.24) is 9.55 Å². The number of aromatic nitrogens is 2. The number of benzene rings is 1. The summed E-state index contributed by atoms with van der Waals surface area (Å²) in [5.41, 5.74) is 5.63. The first-order valence-electron chi connectivity index (χ1n) is 9.39. The number of hydrogen-bond acceptors (Lipinski definition) is 4. The van der Waals surface area contributed by atoms with Crippen LogP contribution in [0.5, 0.6) is 5.75 Å². The molecule has 1 aliphatic heterocycles. The van der Waals surface area contributed by atoms with Crippen molar-refractivity contribution in [2.75, 3.05) is 23.9 Å². The number of ether oxygens (including phenoxy) is 1. The maximum absolute atomic E-state index is 11.4. The number of carbonyl (C=O) groups excluding carboxylic acids is 1. The van der Waals surface area contributed by atoms with Crippen LogP contribution in [0.1, 0.15) is 24.1 Å². The number of pyridine rings is 1. The molecule has 0 fully saturated rings. The second-order valence-electron chi connectivity index (χ2n) is 7.31. The van der Waals surface area contributed by atoms with Gasteiger partial charge in [0.1, 0.15) is 17.2 Å². The maximum Gasteiger partial charge on any atom is 0.262 e. The summed E-state index contributed by atoms with van der Waals surface area (Å²) < 4.78 is 7.80. The van der Waals surface area contributed by atoms with Gasteiger partial charge >= 0.3 is 0 Å². The van der Waals surface area contributed by atoms with Crippen molar-refractivity contribution in [2.24, 2.45) is 7.05 Å². The Morgan fingerprint density at radius 3 is 2.93 bits per heavy atom. The van der Waals surface area contributed by atoms with Crippen molar-refractivity contribution in [3.8, 4) is 5.75 Å². The summed E-state index contributed by atoms with van der Waals surface area (Å²) in [7, 11) is 4.12. The molecule has 0 saturated heterocycles. The topological polar surface area (TPSA) is 59.4 Å². The van der Waals surface area contributed by atoms with Gasteiger partial charge in [-0.05, 0) is 55.5 Å². The number of fused-ring (bicyclic) bond motifs is 4. The molecule has 3 heterocycles. The van der Waals surface area contributed by atoms with Crippen LogP contribution in [0.15, 0.2) is 30.3 Å². The van der Waals surface area contributed by atoms with Gasteiger partial charge in [0.05, 0.1) is 5.69 Å². The van der Waals surface area contributed by atoms with Gasteiger partial charge < -0.3 is 19.5 Å². The maximum atomic E-state index is 11.4. The molecule has 0 radical (unpaired) electrons. The highest BCUT2D eigenvalue weighted by molar-refractivity contribution is 5.96. The van der Waals surface area contributed by atoms with E-state index in [1.807, 2.05) is 30.1 Å². The van der Waals surface area contributed by atoms with Gasteiger partial charge in [-0.25, -0.2) is 4.98 Å². The average molecular weight is 362 g/mol. The van der Waals surface area contributed by atoms with E-state index in [0.717, 1.165) is 30.0 Å². The Kier molecular flexibility index (Phi) is 3.60. The zero-order valence-corrected chi connectivity index (χ0v) is 15.6. The van der Waals surface area contributed by atoms with Crippen LogP contribution in [0.3, 0.4) is 0 Å². The van der Waals surface area contributed by atoms with Crippen LogP contribution in [0.25, 0.3) is 11.0 Å². The molecule has 6 heteroatoms. The first kappa shape index (κ1) is 16.2. The van der Waals surface area contributed by atoms with E-state index < -0.39 is 0 Å². The summed E-state index contributed by atoms with van der Waals surface area (Å²) in [6.45, 7) is 0.0548. The number of nitrogens with zero attached hydrogens (tertiary/aromatic N) is 3. The lowest BCUT2D eigenvalue weighted by atomic mass is 9.96. The van der Waals surface area contributed by atoms with Crippen LogP contribution < -0.4 is 15.0 Å². The minimum atomic E-state index is -0.122. The molecule has 1 N–H and O–H groups in total. The van der Waals surface area contributed by atoms with Crippen LogP contribution in [-0.4, -0.2) is 29.1 Å². The molecule has 138 valence electrons. The minimum Gasteiger partial charge on any atom is -0.482 e. The highest BCUT2D eigenvalue weighted by Crippen LogP contribution is 2.35. The van der Waals surface area contributed by atoms with E-state index >= 15 is 0 Å². The highest BCUT2D eigenvalue weighted by Gasteiger charge is 2.21. The zero-order chi connectivity index (χ0) is 18.5. The molecule has 5 rings (SSSR count). The second kappa shape index (κ2) is 6.01. The molecule has 6 nitrogen and oxygen atoms in total. The largest absolute Gasteiger partial charge is 0.482 e. The van der Waals surface area contributed by atoms with E-state index in [0.29, 0.717) is 11.4 Å². The van der Waals surface area contributed by atoms with Crippen LogP contribution in [0, 0.1) is 0 Å². The molecule has 0 bridgehead atoms. The predicted octanol–water partition coefficient (Wildman–Crippen LogP) is 3.55. The van der Waals surface area contributed by atoms with Crippen LogP contribution in [0.2, 0.25) is 0 Å². The fourth-order valence-electron chi connectivity index (χ4n) is 4.20. The molecule has 2 aromatic heterocycles. The van der Waals surface area contributed by atoms with Crippen molar-refractivity contribution in [3.63, 3.8) is 0 Å². The number of rotatable bonds is 2. The minimum absolute atomic E-state index is 0.0548. The van der Waals surface area contributed by atoms with Crippen LogP contribution in [-0.2, 0) is 24.7 Å². The smallest absolute Gasteiger partial charge is 0.262 e. The van der Waals surface area contributed by atoms with E-state index in [1.54, 1.807) is 0 Å². The molecule has 1 aromatic carbocycles. The zero-order valence-electron chi connectivity index (χ0n) is 15.6. The van der Waals surface area contributed by atoms with Crippen LogP contribution in [0.4, 0.5) is 17.2 Å². The van der Waals surface area contributed by atoms with Gasteiger partial charge in [-0.3, -0.25) is 4.79 Å². The second-order valence-corrected chi connectivity index (χ2v) is 7.31. The van der Waals surface area contributed by atoms with Crippen molar-refractivity contribution < 1.29 is 9.53 Å². The summed E-state index contributed by atoms with van der Waals surface area (Å²) in [6.07, 6.45) is 4.81. The highest BCUT2D eigenvalue weighted by atomic mass is 16.5. The average Bonchev–Trinajstić information content (AvgIpc) is 2.99. The number of hydrogen-bond donors (Lipinski definition) is 1. The Bertz CT molecular complexity index is 1070. The third-order valence-corrected chi connectivity index (χ3v) is 5.68. The quantitative estimate of drug-likeness (QED) is 0.757. The third-order valence-electron chi connectivity index (χ3n) is 5.68. The monoisotopic (exact) mass is 362 g/mol. The fraction of sp³-hybridized carbons (Fsp3) is 0.333. The molecule has 0 unspecified atom stereocenters. The van der Waals surface area contributed by atoms with E-state index in [2.05, 4.69) is 29.1 Å². The van der Waals surface area contributed by atoms with E-state index in [1.165, 1.54) is 29.5 Å². The summed E-state index contributed by atoms with van der Waals surface area (Å²) in [5, 5.41) is 4.10. The molecule has 3 aromatic rings. The van der Waals surface area contributed by atoms with Crippen molar-refractivity contribution in [2.45, 2.75) is 25.7 Å². The molecule has 1 amide bonds. The number of aryl methyl sites for hydroxylation is 2. The van der Waals surface area contributed by atoms with Gasteiger partial charge in [-0.2, -0.15) is 0 Å². The van der Waals surface area contributed by atoms with Gasteiger partial charge in [0, 0.05) is 36.9 Å². The number of carbonyl (C=O) groups is 1. The molecule has 0 saturated carbocycles. The Balaban J connectivity index is 1.53. The lowest BCUT2D eigenvalue weighted by Gasteiger charge is -2.23. The Hall–Kier alpha value is -3.02. The molecular weight excluding hydrogens is 340 g/mol. The Labute approximate surface area is 157 Å². The molecule has 27 heavy (non-hydrogen) atoms. The summed E-state index contributed by atoms with van der Waals surface area (Å²) in [4.78, 5) is 18.5. The van der Waals surface area contributed by atoms with Crippen molar-refractivity contribution in [1.29, 1.82) is 0 Å². The molecule has 0 atom stereocenters. The van der Waals surface area contributed by atoms with Gasteiger partial charge in [0.2, 0.25) is 0 Å². The van der Waals surface area contributed by atoms with Crippen molar-refractivity contribution in [3.05, 3.63) is 41.6 Å². The number of anilines is 3. The summed E-state index contributed by atoms with van der Waals surface area (Å²) in [6, 6.07) is 10.1. The van der Waals surface area contributed by atoms with Crippen LogP contribution >= 0.6 is 0 Å². The van der Waals surface area contributed by atoms with Crippen molar-refractivity contribution >= 4 is 34.1 Å². The van der Waals surface area contributed by atoms with E-state index in [9.17, 15) is 4.79 Å². The fourth-order valence-corrected chi connectivity index (χ4v) is 4.20. The lowest BCUT2D eigenvalue weighted by Crippen LogP contribution is -2.25. The van der Waals surface area contributed by atoms with Gasteiger partial charge in [-0.1, -0.05) is 0 Å². The third kappa shape index (κ3) is 2.55. The Morgan fingerprint density at radius 1 is 1.19 bits per heavy atom. The first-order valence-corrected chi connectivity index (χ1v) is 9.39. The SMILES string of the molecule is CN(c1ccc2c(c1)OCC(=O)N2)c1ccc2c3c(n(C)c2n1)CCCC3. The normalized spacial score (nSPS) is 15.7. The standard InChI is InChI=1S/C21H22N4O2/c1-24(13-7-9-16-18(11-13)27-12-20(26)22-16)19-10-8-15-14-5-3-4-6-17(14)25(2)21(15)23-19/h7-11H,3-6,12H2,1-2H3,(H,22,26).